The number of hydrogen-bond acceptors (Lipinski definition) is 4. The average Bonchev–Trinajstić information content (AvgIpc) is 2.52. The quantitative estimate of drug-likeness (QED) is 0.803. The molecule has 0 aliphatic rings. The summed E-state index contributed by atoms with van der Waals surface area (Å²) in [6.07, 6.45) is 0.219. The number of carbonyl (C=O) groups excluding carboxylic acids is 1. The third-order valence-corrected chi connectivity index (χ3v) is 5.72. The monoisotopic (exact) mass is 361 g/mol. The van der Waals surface area contributed by atoms with E-state index in [0.717, 1.165) is 11.1 Å². The molecular weight excluding hydrogens is 338 g/mol. The van der Waals surface area contributed by atoms with E-state index in [1.54, 1.807) is 13.8 Å². The molecule has 134 valence electrons. The lowest BCUT2D eigenvalue weighted by Gasteiger charge is -2.19. The van der Waals surface area contributed by atoms with Gasteiger partial charge in [-0.25, -0.2) is 8.42 Å². The number of benzene rings is 2. The molecule has 25 heavy (non-hydrogen) atoms. The van der Waals surface area contributed by atoms with E-state index < -0.39 is 22.0 Å². The highest BCUT2D eigenvalue weighted by atomic mass is 32.2. The zero-order valence-corrected chi connectivity index (χ0v) is 15.7. The smallest absolute Gasteiger partial charge is 0.324 e. The van der Waals surface area contributed by atoms with Gasteiger partial charge in [-0.3, -0.25) is 4.79 Å². The van der Waals surface area contributed by atoms with Crippen LogP contribution in [-0.4, -0.2) is 27.5 Å². The van der Waals surface area contributed by atoms with Gasteiger partial charge in [0.25, 0.3) is 0 Å². The molecule has 2 aromatic carbocycles. The summed E-state index contributed by atoms with van der Waals surface area (Å²) in [5, 5.41) is 0. The van der Waals surface area contributed by atoms with Gasteiger partial charge in [0.05, 0.1) is 12.0 Å². The minimum Gasteiger partial charge on any atom is -0.468 e. The van der Waals surface area contributed by atoms with E-state index in [1.165, 1.54) is 7.11 Å². The Labute approximate surface area is 149 Å². The predicted octanol–water partition coefficient (Wildman–Crippen LogP) is 2.67. The Hall–Kier alpha value is -2.18. The molecule has 0 fully saturated rings. The van der Waals surface area contributed by atoms with Crippen molar-refractivity contribution in [2.75, 3.05) is 7.11 Å². The number of carbonyl (C=O) groups is 1. The molecule has 0 aromatic heterocycles. The van der Waals surface area contributed by atoms with Crippen molar-refractivity contribution in [3.8, 4) is 0 Å². The van der Waals surface area contributed by atoms with Crippen molar-refractivity contribution < 1.29 is 17.9 Å². The van der Waals surface area contributed by atoms with Crippen LogP contribution in [0.4, 0.5) is 0 Å². The Morgan fingerprint density at radius 3 is 2.16 bits per heavy atom. The first kappa shape index (κ1) is 19.1. The lowest BCUT2D eigenvalue weighted by molar-refractivity contribution is -0.142. The van der Waals surface area contributed by atoms with E-state index in [2.05, 4.69) is 4.72 Å². The zero-order valence-electron chi connectivity index (χ0n) is 14.9. The third-order valence-electron chi connectivity index (χ3n) is 3.94. The summed E-state index contributed by atoms with van der Waals surface area (Å²) in [5.41, 5.74) is 3.13. The van der Waals surface area contributed by atoms with Crippen LogP contribution >= 0.6 is 0 Å². The Balaban J connectivity index is 2.36. The molecule has 1 N–H and O–H groups in total. The van der Waals surface area contributed by atoms with Crippen molar-refractivity contribution in [2.45, 2.75) is 38.1 Å². The maximum Gasteiger partial charge on any atom is 0.324 e. The van der Waals surface area contributed by atoms with Crippen molar-refractivity contribution in [3.63, 3.8) is 0 Å². The van der Waals surface area contributed by atoms with E-state index in [0.29, 0.717) is 11.1 Å². The minimum atomic E-state index is -3.86. The average molecular weight is 361 g/mol. The molecule has 0 saturated heterocycles. The van der Waals surface area contributed by atoms with Crippen LogP contribution in [0.1, 0.15) is 22.3 Å². The zero-order chi connectivity index (χ0) is 18.6. The summed E-state index contributed by atoms with van der Waals surface area (Å²) in [6, 6.07) is 11.9. The summed E-state index contributed by atoms with van der Waals surface area (Å²) < 4.78 is 33.1. The lowest BCUT2D eigenvalue weighted by atomic mass is 10.1. The molecule has 2 rings (SSSR count). The Morgan fingerprint density at radius 2 is 1.64 bits per heavy atom. The number of methoxy groups -OCH3 is 1. The fraction of sp³-hybridized carbons (Fsp3) is 0.316. The molecule has 6 heteroatoms. The van der Waals surface area contributed by atoms with E-state index in [1.807, 2.05) is 49.4 Å². The first-order valence-corrected chi connectivity index (χ1v) is 9.45. The summed E-state index contributed by atoms with van der Waals surface area (Å²) in [6.45, 7) is 5.41. The number of rotatable bonds is 6. The molecule has 0 bridgehead atoms. The highest BCUT2D eigenvalue weighted by molar-refractivity contribution is 7.89. The van der Waals surface area contributed by atoms with Crippen molar-refractivity contribution in [2.24, 2.45) is 0 Å². The lowest BCUT2D eigenvalue weighted by Crippen LogP contribution is -2.43. The van der Waals surface area contributed by atoms with Gasteiger partial charge < -0.3 is 4.74 Å². The second-order valence-corrected chi connectivity index (χ2v) is 7.77. The van der Waals surface area contributed by atoms with Crippen molar-refractivity contribution in [1.29, 1.82) is 0 Å². The number of sulfonamides is 1. The highest BCUT2D eigenvalue weighted by Crippen LogP contribution is 2.22. The van der Waals surface area contributed by atoms with Crippen LogP contribution in [0.5, 0.6) is 0 Å². The SMILES string of the molecule is COC(=O)[C@H](Cc1ccccc1)NS(=O)(=O)c1c(C)cc(C)cc1C. The van der Waals surface area contributed by atoms with Crippen LogP contribution in [0.25, 0.3) is 0 Å². The number of ether oxygens (including phenoxy) is 1. The molecular formula is C19H23NO4S. The second-order valence-electron chi connectivity index (χ2n) is 6.11. The fourth-order valence-electron chi connectivity index (χ4n) is 3.00. The maximum absolute atomic E-state index is 12.9. The molecule has 0 saturated carbocycles. The Kier molecular flexibility index (Phi) is 5.98. The molecule has 0 heterocycles. The summed E-state index contributed by atoms with van der Waals surface area (Å²) in [4.78, 5) is 12.3. The van der Waals surface area contributed by atoms with Crippen LogP contribution in [0, 0.1) is 20.8 Å². The molecule has 5 nitrogen and oxygen atoms in total. The van der Waals surface area contributed by atoms with Crippen LogP contribution in [0.15, 0.2) is 47.4 Å². The molecule has 0 amide bonds. The molecule has 2 aromatic rings. The van der Waals surface area contributed by atoms with E-state index in [-0.39, 0.29) is 11.3 Å². The van der Waals surface area contributed by atoms with Gasteiger partial charge in [-0.05, 0) is 43.9 Å². The van der Waals surface area contributed by atoms with Gasteiger partial charge in [0, 0.05) is 0 Å². The Bertz CT molecular complexity index is 837. The van der Waals surface area contributed by atoms with Crippen LogP contribution in [-0.2, 0) is 26.0 Å². The molecule has 0 aliphatic heterocycles. The molecule has 0 spiro atoms. The van der Waals surface area contributed by atoms with Crippen LogP contribution in [0.2, 0.25) is 0 Å². The van der Waals surface area contributed by atoms with Crippen molar-refractivity contribution >= 4 is 16.0 Å². The standard InChI is InChI=1S/C19H23NO4S/c1-13-10-14(2)18(15(3)11-13)25(22,23)20-17(19(21)24-4)12-16-8-6-5-7-9-16/h5-11,17,20H,12H2,1-4H3/t17-/m0/s1. The number of nitrogens with one attached hydrogen (secondary N) is 1. The maximum atomic E-state index is 12.9. The molecule has 0 radical (unpaired) electrons. The van der Waals surface area contributed by atoms with E-state index in [4.69, 9.17) is 4.74 Å². The third kappa shape index (κ3) is 4.67. The number of hydrogen-bond donors (Lipinski definition) is 1. The number of esters is 1. The minimum absolute atomic E-state index is 0.208. The van der Waals surface area contributed by atoms with Crippen LogP contribution in [0.3, 0.4) is 0 Å². The topological polar surface area (TPSA) is 72.5 Å². The molecule has 0 aliphatic carbocycles. The van der Waals surface area contributed by atoms with Crippen LogP contribution < -0.4 is 4.72 Å². The largest absolute Gasteiger partial charge is 0.468 e. The van der Waals surface area contributed by atoms with Crippen molar-refractivity contribution in [3.05, 3.63) is 64.7 Å². The molecule has 1 atom stereocenters. The summed E-state index contributed by atoms with van der Waals surface area (Å²) >= 11 is 0. The van der Waals surface area contributed by atoms with Gasteiger partial charge in [-0.15, -0.1) is 0 Å². The van der Waals surface area contributed by atoms with Crippen molar-refractivity contribution in [1.82, 2.24) is 4.72 Å². The van der Waals surface area contributed by atoms with E-state index >= 15 is 0 Å². The summed E-state index contributed by atoms with van der Waals surface area (Å²) in [7, 11) is -2.62. The van der Waals surface area contributed by atoms with Gasteiger partial charge in [0.15, 0.2) is 0 Å². The predicted molar refractivity (Wildman–Crippen MR) is 96.9 cm³/mol. The normalized spacial score (nSPS) is 12.6. The van der Waals surface area contributed by atoms with Gasteiger partial charge in [-0.2, -0.15) is 4.72 Å². The van der Waals surface area contributed by atoms with Gasteiger partial charge in [-0.1, -0.05) is 48.0 Å². The van der Waals surface area contributed by atoms with Gasteiger partial charge in [0.1, 0.15) is 6.04 Å². The Morgan fingerprint density at radius 1 is 1.08 bits per heavy atom. The summed E-state index contributed by atoms with van der Waals surface area (Å²) in [5.74, 6) is -0.616. The van der Waals surface area contributed by atoms with Gasteiger partial charge >= 0.3 is 5.97 Å². The first-order valence-electron chi connectivity index (χ1n) is 7.96. The molecule has 0 unspecified atom stereocenters. The first-order chi connectivity index (χ1) is 11.7. The second kappa shape index (κ2) is 7.80. The fourth-order valence-corrected chi connectivity index (χ4v) is 4.64. The van der Waals surface area contributed by atoms with E-state index in [9.17, 15) is 13.2 Å². The van der Waals surface area contributed by atoms with Gasteiger partial charge in [0.2, 0.25) is 10.0 Å². The number of aryl methyl sites for hydroxylation is 3. The highest BCUT2D eigenvalue weighted by Gasteiger charge is 2.28.